The SMILES string of the molecule is C[NH+](C)Cc1ccccc1.C[NH2+]C.[Cl-].[Cl-]. The van der Waals surface area contributed by atoms with E-state index in [9.17, 15) is 0 Å². The number of halogens is 2. The van der Waals surface area contributed by atoms with Gasteiger partial charge < -0.3 is 35.0 Å². The number of hydrogen-bond donors (Lipinski definition) is 2. The molecule has 1 aromatic rings. The molecule has 0 amide bonds. The summed E-state index contributed by atoms with van der Waals surface area (Å²) in [4.78, 5) is 1.46. The molecule has 2 nitrogen and oxygen atoms in total. The van der Waals surface area contributed by atoms with Crippen LogP contribution in [-0.4, -0.2) is 28.2 Å². The number of hydrogen-bond acceptors (Lipinski definition) is 0. The van der Waals surface area contributed by atoms with Gasteiger partial charge in [-0.1, -0.05) is 30.3 Å². The first-order chi connectivity index (χ1) is 6.20. The molecule has 0 saturated carbocycles. The molecular formula is C11H22Cl2N2. The Morgan fingerprint density at radius 1 is 1.00 bits per heavy atom. The van der Waals surface area contributed by atoms with E-state index in [0.29, 0.717) is 0 Å². The molecule has 0 aliphatic heterocycles. The zero-order valence-electron chi connectivity index (χ0n) is 9.93. The van der Waals surface area contributed by atoms with E-state index in [0.717, 1.165) is 6.54 Å². The average Bonchev–Trinajstić information content (AvgIpc) is 2.06. The number of benzene rings is 1. The molecule has 1 rings (SSSR count). The summed E-state index contributed by atoms with van der Waals surface area (Å²) < 4.78 is 0. The summed E-state index contributed by atoms with van der Waals surface area (Å²) in [6.07, 6.45) is 0. The molecule has 0 spiro atoms. The smallest absolute Gasteiger partial charge is 0.102 e. The van der Waals surface area contributed by atoms with Crippen molar-refractivity contribution in [3.05, 3.63) is 35.9 Å². The van der Waals surface area contributed by atoms with Crippen molar-refractivity contribution in [1.82, 2.24) is 0 Å². The van der Waals surface area contributed by atoms with Crippen LogP contribution in [-0.2, 0) is 6.54 Å². The van der Waals surface area contributed by atoms with Crippen LogP contribution in [0.5, 0.6) is 0 Å². The fraction of sp³-hybridized carbons (Fsp3) is 0.455. The number of nitrogens with two attached hydrogens (primary N) is 1. The summed E-state index contributed by atoms with van der Waals surface area (Å²) in [6, 6.07) is 10.5. The van der Waals surface area contributed by atoms with Crippen LogP contribution in [0.25, 0.3) is 0 Å². The van der Waals surface area contributed by atoms with Gasteiger partial charge in [0.05, 0.1) is 28.2 Å². The third-order valence-electron chi connectivity index (χ3n) is 1.40. The summed E-state index contributed by atoms with van der Waals surface area (Å²) in [5.74, 6) is 0. The average molecular weight is 253 g/mol. The Morgan fingerprint density at radius 2 is 1.40 bits per heavy atom. The Balaban J connectivity index is -0.000000260. The lowest BCUT2D eigenvalue weighted by Crippen LogP contribution is -3.04. The summed E-state index contributed by atoms with van der Waals surface area (Å²) in [5.41, 5.74) is 1.41. The van der Waals surface area contributed by atoms with Crippen molar-refractivity contribution in [2.45, 2.75) is 6.54 Å². The minimum absolute atomic E-state index is 0. The van der Waals surface area contributed by atoms with Crippen molar-refractivity contribution >= 4 is 0 Å². The summed E-state index contributed by atoms with van der Waals surface area (Å²) in [7, 11) is 8.32. The van der Waals surface area contributed by atoms with Gasteiger partial charge in [0, 0.05) is 5.56 Å². The van der Waals surface area contributed by atoms with Crippen molar-refractivity contribution in [3.8, 4) is 0 Å². The quantitative estimate of drug-likeness (QED) is 0.523. The molecule has 15 heavy (non-hydrogen) atoms. The highest BCUT2D eigenvalue weighted by Crippen LogP contribution is 1.94. The van der Waals surface area contributed by atoms with Crippen molar-refractivity contribution < 1.29 is 35.0 Å². The number of quaternary nitrogens is 2. The largest absolute Gasteiger partial charge is 1.00 e. The molecule has 0 aromatic heterocycles. The van der Waals surface area contributed by atoms with Crippen molar-refractivity contribution in [3.63, 3.8) is 0 Å². The van der Waals surface area contributed by atoms with E-state index < -0.39 is 0 Å². The van der Waals surface area contributed by atoms with Crippen molar-refractivity contribution in [2.75, 3.05) is 28.2 Å². The van der Waals surface area contributed by atoms with Crippen LogP contribution in [0, 0.1) is 0 Å². The molecule has 90 valence electrons. The predicted octanol–water partition coefficient (Wildman–Crippen LogP) is -6.85. The van der Waals surface area contributed by atoms with Crippen LogP contribution in [0.4, 0.5) is 0 Å². The van der Waals surface area contributed by atoms with Gasteiger partial charge in [0.2, 0.25) is 0 Å². The van der Waals surface area contributed by atoms with Gasteiger partial charge in [-0.05, 0) is 0 Å². The fourth-order valence-electron chi connectivity index (χ4n) is 1.00. The first-order valence-electron chi connectivity index (χ1n) is 4.77. The normalized spacial score (nSPS) is 8.07. The first kappa shape index (κ1) is 20.2. The van der Waals surface area contributed by atoms with E-state index in [1.54, 1.807) is 0 Å². The zero-order valence-corrected chi connectivity index (χ0v) is 11.4. The highest BCUT2D eigenvalue weighted by Gasteiger charge is 1.93. The van der Waals surface area contributed by atoms with Gasteiger partial charge in [0.25, 0.3) is 0 Å². The minimum Gasteiger partial charge on any atom is -1.00 e. The molecule has 0 saturated heterocycles. The Morgan fingerprint density at radius 3 is 1.73 bits per heavy atom. The second-order valence-electron chi connectivity index (χ2n) is 3.45. The van der Waals surface area contributed by atoms with E-state index in [1.165, 1.54) is 10.5 Å². The van der Waals surface area contributed by atoms with Gasteiger partial charge in [-0.2, -0.15) is 0 Å². The van der Waals surface area contributed by atoms with Gasteiger partial charge >= 0.3 is 0 Å². The molecule has 0 aliphatic carbocycles. The maximum absolute atomic E-state index is 2.16. The maximum Gasteiger partial charge on any atom is 0.102 e. The summed E-state index contributed by atoms with van der Waals surface area (Å²) >= 11 is 0. The van der Waals surface area contributed by atoms with Crippen LogP contribution < -0.4 is 35.0 Å². The Kier molecular flexibility index (Phi) is 18.5. The number of rotatable bonds is 2. The molecular weight excluding hydrogens is 231 g/mol. The van der Waals surface area contributed by atoms with Gasteiger partial charge in [-0.3, -0.25) is 0 Å². The zero-order chi connectivity index (χ0) is 10.1. The van der Waals surface area contributed by atoms with Crippen LogP contribution in [0.1, 0.15) is 5.56 Å². The summed E-state index contributed by atoms with van der Waals surface area (Å²) in [5, 5.41) is 2.00. The topological polar surface area (TPSA) is 21.1 Å². The van der Waals surface area contributed by atoms with Crippen LogP contribution in [0.15, 0.2) is 30.3 Å². The molecule has 0 aliphatic rings. The third kappa shape index (κ3) is 13.7. The van der Waals surface area contributed by atoms with Crippen LogP contribution in [0.3, 0.4) is 0 Å². The Hall–Kier alpha value is -0.280. The summed E-state index contributed by atoms with van der Waals surface area (Å²) in [6.45, 7) is 1.11. The molecule has 0 atom stereocenters. The highest BCUT2D eigenvalue weighted by molar-refractivity contribution is 5.12. The van der Waals surface area contributed by atoms with Gasteiger partial charge in [0.15, 0.2) is 0 Å². The second-order valence-corrected chi connectivity index (χ2v) is 3.45. The molecule has 0 bridgehead atoms. The van der Waals surface area contributed by atoms with E-state index in [4.69, 9.17) is 0 Å². The molecule has 0 heterocycles. The second kappa shape index (κ2) is 13.7. The van der Waals surface area contributed by atoms with E-state index >= 15 is 0 Å². The lowest BCUT2D eigenvalue weighted by atomic mass is 10.2. The molecule has 1 aromatic carbocycles. The van der Waals surface area contributed by atoms with Crippen molar-refractivity contribution in [2.24, 2.45) is 0 Å². The predicted molar refractivity (Wildman–Crippen MR) is 56.7 cm³/mol. The fourth-order valence-corrected chi connectivity index (χ4v) is 1.00. The molecule has 0 unspecified atom stereocenters. The monoisotopic (exact) mass is 252 g/mol. The molecule has 4 heteroatoms. The molecule has 3 N–H and O–H groups in total. The molecule has 0 radical (unpaired) electrons. The first-order valence-corrected chi connectivity index (χ1v) is 4.77. The van der Waals surface area contributed by atoms with Gasteiger partial charge in [-0.25, -0.2) is 0 Å². The van der Waals surface area contributed by atoms with Crippen LogP contribution >= 0.6 is 0 Å². The lowest BCUT2D eigenvalue weighted by molar-refractivity contribution is -0.872. The highest BCUT2D eigenvalue weighted by atomic mass is 35.5. The third-order valence-corrected chi connectivity index (χ3v) is 1.40. The van der Waals surface area contributed by atoms with E-state index in [2.05, 4.69) is 44.4 Å². The number of nitrogens with one attached hydrogen (secondary N) is 1. The van der Waals surface area contributed by atoms with Gasteiger partial charge in [-0.15, -0.1) is 0 Å². The van der Waals surface area contributed by atoms with E-state index in [-0.39, 0.29) is 24.8 Å². The lowest BCUT2D eigenvalue weighted by Gasteiger charge is -2.05. The molecule has 0 fully saturated rings. The Labute approximate surface area is 106 Å². The van der Waals surface area contributed by atoms with Crippen LogP contribution in [0.2, 0.25) is 0 Å². The van der Waals surface area contributed by atoms with E-state index in [1.807, 2.05) is 19.4 Å². The van der Waals surface area contributed by atoms with Crippen molar-refractivity contribution in [1.29, 1.82) is 0 Å². The minimum atomic E-state index is 0. The Bertz CT molecular complexity index is 203. The van der Waals surface area contributed by atoms with Gasteiger partial charge in [0.1, 0.15) is 6.54 Å². The standard InChI is InChI=1S/C9H13N.C2H7N.2ClH/c1-10(2)8-9-6-4-3-5-7-9;1-3-2;;/h3-7H,8H2,1-2H3;3H,1-2H3;2*1H. The maximum atomic E-state index is 2.16.